The first-order chi connectivity index (χ1) is 9.19. The Morgan fingerprint density at radius 3 is 2.68 bits per heavy atom. The molecule has 0 saturated carbocycles. The highest BCUT2D eigenvalue weighted by Crippen LogP contribution is 2.16. The molecule has 2 heterocycles. The van der Waals surface area contributed by atoms with E-state index in [0.29, 0.717) is 18.9 Å². The smallest absolute Gasteiger partial charge is 0.228 e. The van der Waals surface area contributed by atoms with Crippen LogP contribution in [-0.2, 0) is 6.42 Å². The molecule has 19 heavy (non-hydrogen) atoms. The number of hydrogen-bond acceptors (Lipinski definition) is 7. The van der Waals surface area contributed by atoms with Gasteiger partial charge in [-0.15, -0.1) is 0 Å². The topological polar surface area (TPSA) is 88.8 Å². The van der Waals surface area contributed by atoms with E-state index in [1.54, 1.807) is 0 Å². The molecule has 2 aromatic rings. The number of hydrogen-bond donors (Lipinski definition) is 2. The van der Waals surface area contributed by atoms with Crippen molar-refractivity contribution in [2.45, 2.75) is 26.2 Å². The molecule has 0 aromatic carbocycles. The average molecular weight is 262 g/mol. The summed E-state index contributed by atoms with van der Waals surface area (Å²) in [5.41, 5.74) is 0. The zero-order valence-corrected chi connectivity index (χ0v) is 11.3. The first-order valence-corrected chi connectivity index (χ1v) is 6.25. The summed E-state index contributed by atoms with van der Waals surface area (Å²) >= 11 is 0. The minimum atomic E-state index is 0.282. The van der Waals surface area contributed by atoms with Crippen molar-refractivity contribution >= 4 is 11.6 Å². The molecule has 0 fully saturated rings. The highest BCUT2D eigenvalue weighted by atomic mass is 16.5. The third-order valence-electron chi connectivity index (χ3n) is 2.57. The normalized spacial score (nSPS) is 10.7. The summed E-state index contributed by atoms with van der Waals surface area (Å²) in [6, 6.07) is 1.87. The zero-order chi connectivity index (χ0) is 13.7. The molecular formula is C12H18N6O. The van der Waals surface area contributed by atoms with Crippen molar-refractivity contribution < 1.29 is 4.52 Å². The molecule has 0 spiro atoms. The molecule has 0 bridgehead atoms. The quantitative estimate of drug-likeness (QED) is 0.818. The Hall–Kier alpha value is -2.18. The average Bonchev–Trinajstić information content (AvgIpc) is 2.91. The molecule has 0 unspecified atom stereocenters. The minimum absolute atomic E-state index is 0.282. The Bertz CT molecular complexity index is 511. The highest BCUT2D eigenvalue weighted by Gasteiger charge is 2.07. The van der Waals surface area contributed by atoms with Crippen molar-refractivity contribution in [3.05, 3.63) is 24.1 Å². The van der Waals surface area contributed by atoms with Crippen LogP contribution in [0, 0.1) is 0 Å². The molecule has 2 N–H and O–H groups in total. The summed E-state index contributed by atoms with van der Waals surface area (Å²) in [7, 11) is 1.84. The van der Waals surface area contributed by atoms with Crippen LogP contribution in [0.25, 0.3) is 0 Å². The molecular weight excluding hydrogens is 244 g/mol. The molecule has 0 amide bonds. The molecule has 7 nitrogen and oxygen atoms in total. The van der Waals surface area contributed by atoms with Crippen LogP contribution < -0.4 is 10.6 Å². The van der Waals surface area contributed by atoms with E-state index < -0.39 is 0 Å². The van der Waals surface area contributed by atoms with E-state index in [4.69, 9.17) is 4.52 Å². The SMILES string of the molecule is CNc1cc(NCCc2ncno2)nc(C(C)C)n1. The van der Waals surface area contributed by atoms with Crippen molar-refractivity contribution in [1.29, 1.82) is 0 Å². The predicted octanol–water partition coefficient (Wildman–Crippen LogP) is 1.68. The maximum atomic E-state index is 4.93. The van der Waals surface area contributed by atoms with E-state index in [2.05, 4.69) is 44.6 Å². The predicted molar refractivity (Wildman–Crippen MR) is 72.2 cm³/mol. The van der Waals surface area contributed by atoms with Gasteiger partial charge in [-0.1, -0.05) is 19.0 Å². The second-order valence-electron chi connectivity index (χ2n) is 4.41. The van der Waals surface area contributed by atoms with Gasteiger partial charge in [-0.25, -0.2) is 9.97 Å². The van der Waals surface area contributed by atoms with Gasteiger partial charge in [0.15, 0.2) is 6.33 Å². The van der Waals surface area contributed by atoms with Gasteiger partial charge in [0.05, 0.1) is 0 Å². The Labute approximate surface area is 111 Å². The van der Waals surface area contributed by atoms with Crippen LogP contribution >= 0.6 is 0 Å². The number of aromatic nitrogens is 4. The van der Waals surface area contributed by atoms with Crippen molar-refractivity contribution in [2.24, 2.45) is 0 Å². The number of nitrogens with zero attached hydrogens (tertiary/aromatic N) is 4. The standard InChI is InChI=1S/C12H18N6O/c1-8(2)12-17-9(13-3)6-10(18-12)14-5-4-11-15-7-16-19-11/h6-8H,4-5H2,1-3H3,(H2,13,14,17,18). The lowest BCUT2D eigenvalue weighted by atomic mass is 10.2. The first-order valence-electron chi connectivity index (χ1n) is 6.25. The first kappa shape index (κ1) is 13.3. The van der Waals surface area contributed by atoms with Crippen LogP contribution in [0.2, 0.25) is 0 Å². The van der Waals surface area contributed by atoms with Crippen LogP contribution in [0.4, 0.5) is 11.6 Å². The van der Waals surface area contributed by atoms with E-state index in [-0.39, 0.29) is 5.92 Å². The van der Waals surface area contributed by atoms with E-state index >= 15 is 0 Å². The van der Waals surface area contributed by atoms with Gasteiger partial charge in [0.25, 0.3) is 0 Å². The van der Waals surface area contributed by atoms with E-state index in [9.17, 15) is 0 Å². The van der Waals surface area contributed by atoms with Crippen molar-refractivity contribution in [1.82, 2.24) is 20.1 Å². The van der Waals surface area contributed by atoms with Gasteiger partial charge < -0.3 is 15.2 Å². The van der Waals surface area contributed by atoms with Crippen LogP contribution in [0.3, 0.4) is 0 Å². The van der Waals surface area contributed by atoms with Crippen LogP contribution in [-0.4, -0.2) is 33.7 Å². The molecule has 0 atom stereocenters. The van der Waals surface area contributed by atoms with E-state index in [1.165, 1.54) is 6.33 Å². The lowest BCUT2D eigenvalue weighted by Crippen LogP contribution is -2.10. The molecule has 2 rings (SSSR count). The van der Waals surface area contributed by atoms with Gasteiger partial charge in [-0.2, -0.15) is 4.98 Å². The second-order valence-corrected chi connectivity index (χ2v) is 4.41. The number of anilines is 2. The summed E-state index contributed by atoms with van der Waals surface area (Å²) in [5, 5.41) is 9.83. The van der Waals surface area contributed by atoms with E-state index in [0.717, 1.165) is 17.5 Å². The maximum Gasteiger partial charge on any atom is 0.228 e. The summed E-state index contributed by atoms with van der Waals surface area (Å²) in [4.78, 5) is 12.8. The molecule has 0 aliphatic carbocycles. The fourth-order valence-electron chi connectivity index (χ4n) is 1.55. The Morgan fingerprint density at radius 1 is 1.26 bits per heavy atom. The van der Waals surface area contributed by atoms with Gasteiger partial charge in [0.2, 0.25) is 5.89 Å². The second kappa shape index (κ2) is 6.12. The van der Waals surface area contributed by atoms with Crippen LogP contribution in [0.5, 0.6) is 0 Å². The van der Waals surface area contributed by atoms with Crippen molar-refractivity contribution in [3.63, 3.8) is 0 Å². The number of nitrogens with one attached hydrogen (secondary N) is 2. The van der Waals surface area contributed by atoms with Gasteiger partial charge in [0, 0.05) is 32.0 Å². The summed E-state index contributed by atoms with van der Waals surface area (Å²) in [6.07, 6.45) is 2.06. The van der Waals surface area contributed by atoms with Gasteiger partial charge in [-0.3, -0.25) is 0 Å². The summed E-state index contributed by atoms with van der Waals surface area (Å²) in [6.45, 7) is 4.81. The lowest BCUT2D eigenvalue weighted by molar-refractivity contribution is 0.379. The largest absolute Gasteiger partial charge is 0.373 e. The summed E-state index contributed by atoms with van der Waals surface area (Å²) < 4.78 is 4.93. The third kappa shape index (κ3) is 3.64. The fourth-order valence-corrected chi connectivity index (χ4v) is 1.55. The molecule has 7 heteroatoms. The monoisotopic (exact) mass is 262 g/mol. The van der Waals surface area contributed by atoms with Gasteiger partial charge in [-0.05, 0) is 0 Å². The molecule has 0 aliphatic heterocycles. The minimum Gasteiger partial charge on any atom is -0.373 e. The Kier molecular flexibility index (Phi) is 4.27. The fraction of sp³-hybridized carbons (Fsp3) is 0.500. The zero-order valence-electron chi connectivity index (χ0n) is 11.3. The van der Waals surface area contributed by atoms with Gasteiger partial charge in [0.1, 0.15) is 17.5 Å². The Balaban J connectivity index is 2.00. The lowest BCUT2D eigenvalue weighted by Gasteiger charge is -2.10. The van der Waals surface area contributed by atoms with Crippen molar-refractivity contribution in [2.75, 3.05) is 24.2 Å². The number of rotatable bonds is 6. The highest BCUT2D eigenvalue weighted by molar-refractivity contribution is 5.47. The molecule has 102 valence electrons. The van der Waals surface area contributed by atoms with Crippen LogP contribution in [0.15, 0.2) is 16.9 Å². The molecule has 0 radical (unpaired) electrons. The molecule has 2 aromatic heterocycles. The molecule has 0 aliphatic rings. The Morgan fingerprint density at radius 2 is 2.05 bits per heavy atom. The van der Waals surface area contributed by atoms with Crippen molar-refractivity contribution in [3.8, 4) is 0 Å². The van der Waals surface area contributed by atoms with Gasteiger partial charge >= 0.3 is 0 Å². The molecule has 0 saturated heterocycles. The van der Waals surface area contributed by atoms with E-state index in [1.807, 2.05) is 13.1 Å². The maximum absolute atomic E-state index is 4.93. The third-order valence-corrected chi connectivity index (χ3v) is 2.57. The summed E-state index contributed by atoms with van der Waals surface area (Å²) in [5.74, 6) is 3.30. The van der Waals surface area contributed by atoms with Crippen LogP contribution in [0.1, 0.15) is 31.5 Å².